The van der Waals surface area contributed by atoms with E-state index in [4.69, 9.17) is 5.11 Å². The van der Waals surface area contributed by atoms with E-state index in [9.17, 15) is 4.79 Å². The number of aliphatic carboxylic acids is 1. The van der Waals surface area contributed by atoms with E-state index in [-0.39, 0.29) is 12.0 Å². The summed E-state index contributed by atoms with van der Waals surface area (Å²) >= 11 is 0. The van der Waals surface area contributed by atoms with Gasteiger partial charge in [0.25, 0.3) is 0 Å². The molecule has 72 valence electrons. The Kier molecular flexibility index (Phi) is 3.71. The average molecular weight is 174 g/mol. The van der Waals surface area contributed by atoms with Crippen LogP contribution in [0.25, 0.3) is 0 Å². The van der Waals surface area contributed by atoms with Crippen molar-refractivity contribution in [3.05, 3.63) is 0 Å². The van der Waals surface area contributed by atoms with E-state index in [1.807, 2.05) is 35.0 Å². The Morgan fingerprint density at radius 1 is 1.42 bits per heavy atom. The van der Waals surface area contributed by atoms with E-state index >= 15 is 0 Å². The molecule has 0 rings (SSSR count). The van der Waals surface area contributed by atoms with Gasteiger partial charge in [-0.1, -0.05) is 13.8 Å². The maximum atomic E-state index is 10.9. The molecule has 12 heavy (non-hydrogen) atoms. The SMILES string of the molecule is CC[C@H](C)[C@H](C(=O)O)[N+](C)(C)C. The van der Waals surface area contributed by atoms with Crippen LogP contribution in [0.1, 0.15) is 20.3 Å². The normalized spacial score (nSPS) is 17.1. The Morgan fingerprint density at radius 3 is 1.92 bits per heavy atom. The Labute approximate surface area is 74.6 Å². The summed E-state index contributed by atoms with van der Waals surface area (Å²) < 4.78 is 0.490. The van der Waals surface area contributed by atoms with Crippen LogP contribution in [0.4, 0.5) is 0 Å². The fraction of sp³-hybridized carbons (Fsp3) is 0.889. The first-order chi connectivity index (χ1) is 5.30. The number of hydrogen-bond donors (Lipinski definition) is 1. The molecule has 3 heteroatoms. The predicted molar refractivity (Wildman–Crippen MR) is 48.9 cm³/mol. The number of carboxylic acids is 1. The number of hydrogen-bond acceptors (Lipinski definition) is 1. The van der Waals surface area contributed by atoms with Crippen LogP contribution in [0.3, 0.4) is 0 Å². The molecule has 0 amide bonds. The first-order valence-electron chi connectivity index (χ1n) is 4.34. The third-order valence-corrected chi connectivity index (χ3v) is 2.27. The van der Waals surface area contributed by atoms with Gasteiger partial charge >= 0.3 is 5.97 Å². The van der Waals surface area contributed by atoms with Crippen molar-refractivity contribution >= 4 is 5.97 Å². The third kappa shape index (κ3) is 2.81. The maximum absolute atomic E-state index is 10.9. The molecular formula is C9H20NO2+. The molecule has 0 aromatic carbocycles. The summed E-state index contributed by atoms with van der Waals surface area (Å²) in [4.78, 5) is 10.9. The van der Waals surface area contributed by atoms with Gasteiger partial charge in [0, 0.05) is 5.92 Å². The molecule has 0 fully saturated rings. The second-order valence-corrected chi connectivity index (χ2v) is 4.28. The molecule has 0 saturated carbocycles. The Morgan fingerprint density at radius 2 is 1.83 bits per heavy atom. The van der Waals surface area contributed by atoms with Crippen molar-refractivity contribution in [1.82, 2.24) is 0 Å². The molecule has 0 unspecified atom stereocenters. The second kappa shape index (κ2) is 3.90. The molecule has 0 aliphatic rings. The van der Waals surface area contributed by atoms with Gasteiger partial charge < -0.3 is 9.59 Å². The summed E-state index contributed by atoms with van der Waals surface area (Å²) in [6, 6.07) is -0.296. The standard InChI is InChI=1S/C9H19NO2/c1-6-7(2)8(9(11)12)10(3,4)5/h7-8H,6H2,1-5H3/p+1/t7-,8+/m0/s1. The largest absolute Gasteiger partial charge is 0.477 e. The molecule has 3 nitrogen and oxygen atoms in total. The number of nitrogens with zero attached hydrogens (tertiary/aromatic N) is 1. The third-order valence-electron chi connectivity index (χ3n) is 2.27. The highest BCUT2D eigenvalue weighted by molar-refractivity contribution is 5.72. The molecule has 0 aromatic rings. The number of carboxylic acid groups (broad SMARTS) is 1. The van der Waals surface area contributed by atoms with Crippen LogP contribution in [0.15, 0.2) is 0 Å². The molecule has 0 radical (unpaired) electrons. The van der Waals surface area contributed by atoms with Crippen molar-refractivity contribution in [3.63, 3.8) is 0 Å². The minimum absolute atomic E-state index is 0.225. The highest BCUT2D eigenvalue weighted by Crippen LogP contribution is 2.16. The van der Waals surface area contributed by atoms with Crippen LogP contribution in [0, 0.1) is 5.92 Å². The topological polar surface area (TPSA) is 37.3 Å². The fourth-order valence-corrected chi connectivity index (χ4v) is 1.56. The molecule has 0 aliphatic carbocycles. The smallest absolute Gasteiger partial charge is 0.362 e. The molecule has 0 aromatic heterocycles. The summed E-state index contributed by atoms with van der Waals surface area (Å²) in [5, 5.41) is 8.99. The fourth-order valence-electron chi connectivity index (χ4n) is 1.56. The quantitative estimate of drug-likeness (QED) is 0.650. The zero-order valence-electron chi connectivity index (χ0n) is 8.66. The van der Waals surface area contributed by atoms with Gasteiger partial charge in [0.2, 0.25) is 0 Å². The lowest BCUT2D eigenvalue weighted by atomic mass is 9.97. The van der Waals surface area contributed by atoms with Gasteiger partial charge in [0.15, 0.2) is 6.04 Å². The van der Waals surface area contributed by atoms with Crippen LogP contribution in [-0.2, 0) is 4.79 Å². The summed E-state index contributed by atoms with van der Waals surface area (Å²) in [5.74, 6) is -0.473. The first kappa shape index (κ1) is 11.4. The van der Waals surface area contributed by atoms with Crippen molar-refractivity contribution in [2.45, 2.75) is 26.3 Å². The highest BCUT2D eigenvalue weighted by Gasteiger charge is 2.35. The molecule has 1 N–H and O–H groups in total. The first-order valence-corrected chi connectivity index (χ1v) is 4.34. The second-order valence-electron chi connectivity index (χ2n) is 4.28. The Hall–Kier alpha value is -0.570. The number of likely N-dealkylation sites (N-methyl/N-ethyl adjacent to an activating group) is 1. The Balaban J connectivity index is 4.56. The van der Waals surface area contributed by atoms with Gasteiger partial charge in [-0.15, -0.1) is 0 Å². The molecule has 0 spiro atoms. The van der Waals surface area contributed by atoms with Crippen molar-refractivity contribution in [2.24, 2.45) is 5.92 Å². The van der Waals surface area contributed by atoms with Crippen LogP contribution >= 0.6 is 0 Å². The van der Waals surface area contributed by atoms with Crippen molar-refractivity contribution < 1.29 is 14.4 Å². The lowest BCUT2D eigenvalue weighted by Crippen LogP contribution is -2.53. The average Bonchev–Trinajstić information content (AvgIpc) is 1.83. The summed E-state index contributed by atoms with van der Waals surface area (Å²) in [6.45, 7) is 4.01. The van der Waals surface area contributed by atoms with Crippen LogP contribution in [0.2, 0.25) is 0 Å². The van der Waals surface area contributed by atoms with Gasteiger partial charge in [-0.25, -0.2) is 4.79 Å². The summed E-state index contributed by atoms with van der Waals surface area (Å²) in [6.07, 6.45) is 0.909. The highest BCUT2D eigenvalue weighted by atomic mass is 16.4. The number of quaternary nitrogens is 1. The predicted octanol–water partition coefficient (Wildman–Crippen LogP) is 1.19. The van der Waals surface area contributed by atoms with E-state index in [0.29, 0.717) is 4.48 Å². The van der Waals surface area contributed by atoms with Crippen molar-refractivity contribution in [2.75, 3.05) is 21.1 Å². The molecule has 0 saturated heterocycles. The van der Waals surface area contributed by atoms with Gasteiger partial charge in [0.05, 0.1) is 21.1 Å². The number of rotatable bonds is 4. The minimum atomic E-state index is -0.697. The van der Waals surface area contributed by atoms with Crippen molar-refractivity contribution in [1.29, 1.82) is 0 Å². The molecule has 0 bridgehead atoms. The van der Waals surface area contributed by atoms with Crippen LogP contribution < -0.4 is 0 Å². The molecule has 2 atom stereocenters. The van der Waals surface area contributed by atoms with Gasteiger partial charge in [0.1, 0.15) is 0 Å². The van der Waals surface area contributed by atoms with Gasteiger partial charge in [-0.2, -0.15) is 0 Å². The summed E-state index contributed by atoms with van der Waals surface area (Å²) in [7, 11) is 5.76. The van der Waals surface area contributed by atoms with E-state index in [1.165, 1.54) is 0 Å². The lowest BCUT2D eigenvalue weighted by molar-refractivity contribution is -0.891. The maximum Gasteiger partial charge on any atom is 0.362 e. The number of carbonyl (C=O) groups is 1. The van der Waals surface area contributed by atoms with E-state index in [1.54, 1.807) is 0 Å². The minimum Gasteiger partial charge on any atom is -0.477 e. The molecule has 0 heterocycles. The molecular weight excluding hydrogens is 154 g/mol. The lowest BCUT2D eigenvalue weighted by Gasteiger charge is -2.34. The van der Waals surface area contributed by atoms with E-state index in [2.05, 4.69) is 0 Å². The zero-order chi connectivity index (χ0) is 9.94. The summed E-state index contributed by atoms with van der Waals surface area (Å²) in [5.41, 5.74) is 0. The Bertz CT molecular complexity index is 160. The van der Waals surface area contributed by atoms with Crippen LogP contribution in [-0.4, -0.2) is 42.7 Å². The molecule has 0 aliphatic heterocycles. The monoisotopic (exact) mass is 174 g/mol. The van der Waals surface area contributed by atoms with Gasteiger partial charge in [-0.05, 0) is 6.42 Å². The van der Waals surface area contributed by atoms with Crippen molar-refractivity contribution in [3.8, 4) is 0 Å². The van der Waals surface area contributed by atoms with Crippen LogP contribution in [0.5, 0.6) is 0 Å². The van der Waals surface area contributed by atoms with E-state index in [0.717, 1.165) is 6.42 Å². The van der Waals surface area contributed by atoms with Gasteiger partial charge in [-0.3, -0.25) is 0 Å². The van der Waals surface area contributed by atoms with E-state index < -0.39 is 5.97 Å². The zero-order valence-corrected chi connectivity index (χ0v) is 8.66.